The van der Waals surface area contributed by atoms with Crippen LogP contribution in [0.3, 0.4) is 0 Å². The summed E-state index contributed by atoms with van der Waals surface area (Å²) < 4.78 is 0. The molecule has 2 rings (SSSR count). The summed E-state index contributed by atoms with van der Waals surface area (Å²) in [5.41, 5.74) is 6.28. The first-order valence-electron chi connectivity index (χ1n) is 10.4. The number of nitrogens with one attached hydrogen (secondary N) is 4. The first kappa shape index (κ1) is 26.3. The number of aliphatic hydroxyl groups excluding tert-OH is 1. The Morgan fingerprint density at radius 3 is 2.21 bits per heavy atom. The van der Waals surface area contributed by atoms with E-state index in [4.69, 9.17) is 5.73 Å². The van der Waals surface area contributed by atoms with Crippen LogP contribution < -0.4 is 21.7 Å². The van der Waals surface area contributed by atoms with Gasteiger partial charge in [-0.25, -0.2) is 9.78 Å². The van der Waals surface area contributed by atoms with Gasteiger partial charge < -0.3 is 42.0 Å². The van der Waals surface area contributed by atoms with Gasteiger partial charge in [-0.1, -0.05) is 12.1 Å². The van der Waals surface area contributed by atoms with Crippen LogP contribution in [-0.2, 0) is 32.0 Å². The molecule has 0 aliphatic rings. The van der Waals surface area contributed by atoms with E-state index in [0.717, 1.165) is 0 Å². The molecule has 0 aliphatic heterocycles. The second-order valence-corrected chi connectivity index (χ2v) is 7.60. The fourth-order valence-electron chi connectivity index (χ4n) is 3.06. The minimum atomic E-state index is -1.39. The minimum Gasteiger partial charge on any atom is -0.508 e. The SMILES string of the molecule is CC(O)C(NC(=O)CN)C(=O)NC(Cc1cnc[nH]1)C(=O)NC(Cc1ccc(O)cc1)C(=O)O. The van der Waals surface area contributed by atoms with Crippen LogP contribution in [-0.4, -0.2) is 79.8 Å². The number of carboxylic acids is 1. The highest BCUT2D eigenvalue weighted by Crippen LogP contribution is 2.12. The third-order valence-corrected chi connectivity index (χ3v) is 4.87. The number of phenols is 1. The zero-order chi connectivity index (χ0) is 25.3. The fourth-order valence-corrected chi connectivity index (χ4v) is 3.06. The van der Waals surface area contributed by atoms with Gasteiger partial charge in [-0.15, -0.1) is 0 Å². The first-order valence-corrected chi connectivity index (χ1v) is 10.4. The Morgan fingerprint density at radius 1 is 1.03 bits per heavy atom. The van der Waals surface area contributed by atoms with Crippen LogP contribution in [0.1, 0.15) is 18.2 Å². The smallest absolute Gasteiger partial charge is 0.326 e. The number of carbonyl (C=O) groups excluding carboxylic acids is 3. The lowest BCUT2D eigenvalue weighted by Crippen LogP contribution is -2.59. The summed E-state index contributed by atoms with van der Waals surface area (Å²) in [6.45, 7) is 0.870. The van der Waals surface area contributed by atoms with E-state index in [-0.39, 0.29) is 18.6 Å². The van der Waals surface area contributed by atoms with E-state index in [9.17, 15) is 34.5 Å². The van der Waals surface area contributed by atoms with Crippen LogP contribution in [0.5, 0.6) is 5.75 Å². The molecule has 0 saturated heterocycles. The molecule has 2 aromatic rings. The number of aliphatic carboxylic acids is 1. The Morgan fingerprint density at radius 2 is 1.68 bits per heavy atom. The Balaban J connectivity index is 2.19. The van der Waals surface area contributed by atoms with Crippen LogP contribution in [0.25, 0.3) is 0 Å². The largest absolute Gasteiger partial charge is 0.508 e. The predicted octanol–water partition coefficient (Wildman–Crippen LogP) is -2.22. The molecule has 1 aromatic carbocycles. The van der Waals surface area contributed by atoms with E-state index in [1.54, 1.807) is 0 Å². The van der Waals surface area contributed by atoms with Gasteiger partial charge in [0.25, 0.3) is 0 Å². The number of hydrogen-bond acceptors (Lipinski definition) is 8. The molecule has 0 fully saturated rings. The van der Waals surface area contributed by atoms with E-state index >= 15 is 0 Å². The molecule has 0 spiro atoms. The number of rotatable bonds is 12. The van der Waals surface area contributed by atoms with Crippen molar-refractivity contribution in [1.29, 1.82) is 0 Å². The Kier molecular flexibility index (Phi) is 9.52. The molecule has 1 heterocycles. The zero-order valence-electron chi connectivity index (χ0n) is 18.4. The number of aliphatic hydroxyl groups is 1. The second-order valence-electron chi connectivity index (χ2n) is 7.60. The monoisotopic (exact) mass is 476 g/mol. The van der Waals surface area contributed by atoms with Crippen molar-refractivity contribution in [2.24, 2.45) is 5.73 Å². The van der Waals surface area contributed by atoms with Crippen LogP contribution in [0.15, 0.2) is 36.8 Å². The molecule has 0 radical (unpaired) electrons. The normalized spacial score (nSPS) is 14.3. The van der Waals surface area contributed by atoms with E-state index in [1.165, 1.54) is 43.7 Å². The van der Waals surface area contributed by atoms with Crippen molar-refractivity contribution in [2.45, 2.75) is 44.0 Å². The van der Waals surface area contributed by atoms with Crippen LogP contribution in [0.4, 0.5) is 0 Å². The lowest BCUT2D eigenvalue weighted by Gasteiger charge is -2.25. The van der Waals surface area contributed by atoms with Crippen molar-refractivity contribution < 1.29 is 34.5 Å². The average molecular weight is 476 g/mol. The van der Waals surface area contributed by atoms with Crippen LogP contribution >= 0.6 is 0 Å². The molecule has 4 atom stereocenters. The van der Waals surface area contributed by atoms with Crippen molar-refractivity contribution in [3.63, 3.8) is 0 Å². The first-order chi connectivity index (χ1) is 16.1. The number of benzene rings is 1. The van der Waals surface area contributed by atoms with Gasteiger partial charge in [-0.05, 0) is 24.6 Å². The number of nitrogens with two attached hydrogens (primary N) is 1. The number of phenolic OH excluding ortho intramolecular Hbond substituents is 1. The summed E-state index contributed by atoms with van der Waals surface area (Å²) in [5, 5.41) is 36.0. The van der Waals surface area contributed by atoms with Gasteiger partial charge in [-0.2, -0.15) is 0 Å². The third kappa shape index (κ3) is 7.86. The Labute approximate surface area is 194 Å². The lowest BCUT2D eigenvalue weighted by molar-refractivity contribution is -0.142. The van der Waals surface area contributed by atoms with Gasteiger partial charge in [-0.3, -0.25) is 14.4 Å². The molecule has 3 amide bonds. The average Bonchev–Trinajstić information content (AvgIpc) is 3.30. The topological polar surface area (TPSA) is 220 Å². The fraction of sp³-hybridized carbons (Fsp3) is 0.381. The second kappa shape index (κ2) is 12.3. The number of imidazole rings is 1. The number of nitrogens with zero attached hydrogens (tertiary/aromatic N) is 1. The van der Waals surface area contributed by atoms with Crippen molar-refractivity contribution >= 4 is 23.7 Å². The van der Waals surface area contributed by atoms with Crippen molar-refractivity contribution in [1.82, 2.24) is 25.9 Å². The number of aromatic hydroxyl groups is 1. The third-order valence-electron chi connectivity index (χ3n) is 4.87. The highest BCUT2D eigenvalue weighted by Gasteiger charge is 2.31. The summed E-state index contributed by atoms with van der Waals surface area (Å²) in [4.78, 5) is 55.8. The number of carbonyl (C=O) groups is 4. The molecule has 1 aromatic heterocycles. The molecule has 0 bridgehead atoms. The highest BCUT2D eigenvalue weighted by molar-refractivity contribution is 5.94. The molecule has 13 heteroatoms. The standard InChI is InChI=1S/C21H28N6O7/c1-11(28)18(27-17(30)8-22)20(32)25-15(7-13-9-23-10-24-13)19(31)26-16(21(33)34)6-12-2-4-14(29)5-3-12/h2-5,9-11,15-16,18,28-29H,6-8,22H2,1H3,(H,23,24)(H,25,32)(H,26,31)(H,27,30)(H,33,34). The van der Waals surface area contributed by atoms with Crippen molar-refractivity contribution in [3.05, 3.63) is 48.0 Å². The maximum atomic E-state index is 13.0. The van der Waals surface area contributed by atoms with E-state index in [1.807, 2.05) is 0 Å². The lowest BCUT2D eigenvalue weighted by atomic mass is 10.0. The molecule has 9 N–H and O–H groups in total. The highest BCUT2D eigenvalue weighted by atomic mass is 16.4. The van der Waals surface area contributed by atoms with Gasteiger partial charge in [0.15, 0.2) is 0 Å². The maximum absolute atomic E-state index is 13.0. The number of amides is 3. The molecular weight excluding hydrogens is 448 g/mol. The molecule has 0 aliphatic carbocycles. The van der Waals surface area contributed by atoms with Gasteiger partial charge in [0.05, 0.1) is 19.0 Å². The molecule has 0 saturated carbocycles. The maximum Gasteiger partial charge on any atom is 0.326 e. The molecule has 184 valence electrons. The number of carboxylic acid groups (broad SMARTS) is 1. The summed E-state index contributed by atoms with van der Waals surface area (Å²) in [7, 11) is 0. The van der Waals surface area contributed by atoms with Crippen molar-refractivity contribution in [3.8, 4) is 5.75 Å². The number of hydrogen-bond donors (Lipinski definition) is 8. The summed E-state index contributed by atoms with van der Waals surface area (Å²) in [5.74, 6) is -3.64. The summed E-state index contributed by atoms with van der Waals surface area (Å²) in [6, 6.07) is 1.85. The molecule has 13 nitrogen and oxygen atoms in total. The molecular formula is C21H28N6O7. The quantitative estimate of drug-likeness (QED) is 0.166. The van der Waals surface area contributed by atoms with Gasteiger partial charge in [0, 0.05) is 24.7 Å². The van der Waals surface area contributed by atoms with E-state index in [0.29, 0.717) is 11.3 Å². The molecule has 4 unspecified atom stereocenters. The number of H-pyrrole nitrogens is 1. The van der Waals surface area contributed by atoms with Gasteiger partial charge >= 0.3 is 5.97 Å². The van der Waals surface area contributed by atoms with Crippen LogP contribution in [0, 0.1) is 0 Å². The predicted molar refractivity (Wildman–Crippen MR) is 118 cm³/mol. The Hall–Kier alpha value is -3.97. The Bertz CT molecular complexity index is 978. The van der Waals surface area contributed by atoms with E-state index in [2.05, 4.69) is 25.9 Å². The zero-order valence-corrected chi connectivity index (χ0v) is 18.4. The number of aromatic amines is 1. The number of aromatic nitrogens is 2. The summed E-state index contributed by atoms with van der Waals surface area (Å²) >= 11 is 0. The van der Waals surface area contributed by atoms with Gasteiger partial charge in [0.1, 0.15) is 23.9 Å². The minimum absolute atomic E-state index is 0.0105. The van der Waals surface area contributed by atoms with Crippen LogP contribution in [0.2, 0.25) is 0 Å². The van der Waals surface area contributed by atoms with Crippen molar-refractivity contribution in [2.75, 3.05) is 6.54 Å². The van der Waals surface area contributed by atoms with E-state index < -0.39 is 54.5 Å². The molecule has 34 heavy (non-hydrogen) atoms. The van der Waals surface area contributed by atoms with Gasteiger partial charge in [0.2, 0.25) is 17.7 Å². The summed E-state index contributed by atoms with van der Waals surface area (Å²) in [6.07, 6.45) is 1.36.